The number of hydrogen-bond donors (Lipinski definition) is 1. The van der Waals surface area contributed by atoms with Gasteiger partial charge in [0.2, 0.25) is 5.16 Å². The van der Waals surface area contributed by atoms with E-state index in [1.165, 1.54) is 62.4 Å². The highest BCUT2D eigenvalue weighted by atomic mass is 32.2. The molecule has 4 bridgehead atoms. The van der Waals surface area contributed by atoms with Gasteiger partial charge < -0.3 is 0 Å². The Hall–Kier alpha value is -2.22. The third-order valence-electron chi connectivity index (χ3n) is 6.54. The summed E-state index contributed by atoms with van der Waals surface area (Å²) in [4.78, 5) is 27.1. The van der Waals surface area contributed by atoms with E-state index >= 15 is 0 Å². The molecule has 0 amide bonds. The van der Waals surface area contributed by atoms with Crippen molar-refractivity contribution >= 4 is 23.7 Å². The summed E-state index contributed by atoms with van der Waals surface area (Å²) in [5, 5.41) is 19.0. The van der Waals surface area contributed by atoms with Crippen LogP contribution >= 0.6 is 11.8 Å². The summed E-state index contributed by atoms with van der Waals surface area (Å²) in [5.74, 6) is 3.47. The number of nitrogens with zero attached hydrogens (tertiary/aromatic N) is 3. The van der Waals surface area contributed by atoms with Gasteiger partial charge in [0.15, 0.2) is 6.29 Å². The first kappa shape index (κ1) is 16.9. The molecule has 1 N–H and O–H groups in total. The van der Waals surface area contributed by atoms with Gasteiger partial charge in [-0.3, -0.25) is 20.0 Å². The Bertz CT molecular complexity index is 890. The van der Waals surface area contributed by atoms with E-state index in [1.54, 1.807) is 6.07 Å². The van der Waals surface area contributed by atoms with Crippen molar-refractivity contribution in [3.05, 3.63) is 39.7 Å². The number of non-ortho nitro benzene ring substituents is 1. The molecular formula is C19H20N4O3S. The summed E-state index contributed by atoms with van der Waals surface area (Å²) >= 11 is 1.28. The molecule has 0 aliphatic heterocycles. The van der Waals surface area contributed by atoms with Gasteiger partial charge in [0.1, 0.15) is 5.82 Å². The van der Waals surface area contributed by atoms with Gasteiger partial charge in [-0.25, -0.2) is 4.98 Å². The molecule has 4 aliphatic rings. The second kappa shape index (κ2) is 6.15. The molecule has 0 radical (unpaired) electrons. The molecule has 0 spiro atoms. The highest BCUT2D eigenvalue weighted by Crippen LogP contribution is 2.60. The standard InChI is InChI=1S/C19H20N4O3S/c24-10-14-6-15(23(25)26)1-2-16(14)27-18-20-17(21-22-18)19-7-11-3-12(8-19)5-13(4-11)9-19/h1-2,6,10-13H,3-5,7-9H2,(H,20,21,22). The lowest BCUT2D eigenvalue weighted by Gasteiger charge is -2.55. The fraction of sp³-hybridized carbons (Fsp3) is 0.526. The van der Waals surface area contributed by atoms with Gasteiger partial charge in [0, 0.05) is 28.0 Å². The topological polar surface area (TPSA) is 102 Å². The molecule has 4 aliphatic carbocycles. The fourth-order valence-corrected chi connectivity index (χ4v) is 6.65. The van der Waals surface area contributed by atoms with E-state index in [0.717, 1.165) is 23.6 Å². The average molecular weight is 384 g/mol. The molecule has 4 saturated carbocycles. The maximum absolute atomic E-state index is 11.3. The number of aldehydes is 1. The number of carbonyl (C=O) groups excluding carboxylic acids is 1. The van der Waals surface area contributed by atoms with Gasteiger partial charge >= 0.3 is 0 Å². The summed E-state index contributed by atoms with van der Waals surface area (Å²) in [7, 11) is 0. The average Bonchev–Trinajstić information content (AvgIpc) is 3.10. The van der Waals surface area contributed by atoms with E-state index in [4.69, 9.17) is 4.98 Å². The molecule has 0 saturated heterocycles. The minimum Gasteiger partial charge on any atom is -0.298 e. The van der Waals surface area contributed by atoms with Crippen LogP contribution in [-0.2, 0) is 5.41 Å². The number of H-pyrrole nitrogens is 1. The molecule has 1 aromatic carbocycles. The van der Waals surface area contributed by atoms with Crippen LogP contribution in [0.2, 0.25) is 0 Å². The minimum absolute atomic E-state index is 0.0920. The SMILES string of the molecule is O=Cc1cc([N+](=O)[O-])ccc1Sc1n[nH]c(C23CC4CC(CC(C4)C2)C3)n1. The molecule has 6 rings (SSSR count). The van der Waals surface area contributed by atoms with Crippen molar-refractivity contribution in [1.82, 2.24) is 15.2 Å². The van der Waals surface area contributed by atoms with Crippen LogP contribution < -0.4 is 0 Å². The monoisotopic (exact) mass is 384 g/mol. The van der Waals surface area contributed by atoms with E-state index in [2.05, 4.69) is 10.2 Å². The van der Waals surface area contributed by atoms with E-state index < -0.39 is 4.92 Å². The molecule has 27 heavy (non-hydrogen) atoms. The first-order valence-corrected chi connectivity index (χ1v) is 10.2. The van der Waals surface area contributed by atoms with Gasteiger partial charge in [-0.15, -0.1) is 5.10 Å². The highest BCUT2D eigenvalue weighted by Gasteiger charge is 2.53. The van der Waals surface area contributed by atoms with Crippen molar-refractivity contribution in [3.63, 3.8) is 0 Å². The molecule has 7 nitrogen and oxygen atoms in total. The zero-order chi connectivity index (χ0) is 18.6. The molecule has 0 unspecified atom stereocenters. The quantitative estimate of drug-likeness (QED) is 0.472. The molecule has 2 aromatic rings. The van der Waals surface area contributed by atoms with Crippen LogP contribution in [0.25, 0.3) is 0 Å². The Balaban J connectivity index is 1.40. The van der Waals surface area contributed by atoms with Crippen molar-refractivity contribution in [3.8, 4) is 0 Å². The number of benzene rings is 1. The summed E-state index contributed by atoms with van der Waals surface area (Å²) in [5.41, 5.74) is 0.338. The second-order valence-electron chi connectivity index (χ2n) is 8.36. The third-order valence-corrected chi connectivity index (χ3v) is 7.49. The third kappa shape index (κ3) is 2.86. The molecule has 0 atom stereocenters. The van der Waals surface area contributed by atoms with Crippen molar-refractivity contribution in [1.29, 1.82) is 0 Å². The lowest BCUT2D eigenvalue weighted by atomic mass is 9.49. The van der Waals surface area contributed by atoms with E-state index in [1.807, 2.05) is 0 Å². The molecule has 8 heteroatoms. The predicted octanol–water partition coefficient (Wildman–Crippen LogP) is 4.14. The van der Waals surface area contributed by atoms with Gasteiger partial charge in [0.25, 0.3) is 5.69 Å². The first-order chi connectivity index (χ1) is 13.0. The van der Waals surface area contributed by atoms with Crippen LogP contribution in [0.3, 0.4) is 0 Å². The summed E-state index contributed by atoms with van der Waals surface area (Å²) in [6.45, 7) is 0. The highest BCUT2D eigenvalue weighted by molar-refractivity contribution is 7.99. The van der Waals surface area contributed by atoms with Gasteiger partial charge in [-0.1, -0.05) is 0 Å². The van der Waals surface area contributed by atoms with E-state index in [9.17, 15) is 14.9 Å². The van der Waals surface area contributed by atoms with Gasteiger partial charge in [-0.05, 0) is 74.1 Å². The predicted molar refractivity (Wildman–Crippen MR) is 98.8 cm³/mol. The number of nitrogens with one attached hydrogen (secondary N) is 1. The van der Waals surface area contributed by atoms with E-state index in [0.29, 0.717) is 16.3 Å². The number of rotatable bonds is 5. The largest absolute Gasteiger partial charge is 0.298 e. The summed E-state index contributed by atoms with van der Waals surface area (Å²) < 4.78 is 0. The Morgan fingerprint density at radius 2 is 1.85 bits per heavy atom. The van der Waals surface area contributed by atoms with Crippen LogP contribution in [0.15, 0.2) is 28.3 Å². The Morgan fingerprint density at radius 3 is 2.44 bits per heavy atom. The zero-order valence-electron chi connectivity index (χ0n) is 14.8. The maximum Gasteiger partial charge on any atom is 0.270 e. The zero-order valence-corrected chi connectivity index (χ0v) is 15.6. The van der Waals surface area contributed by atoms with Crippen LogP contribution in [0.4, 0.5) is 5.69 Å². The Morgan fingerprint density at radius 1 is 1.19 bits per heavy atom. The Kier molecular flexibility index (Phi) is 3.86. The van der Waals surface area contributed by atoms with Gasteiger partial charge in [-0.2, -0.15) is 0 Å². The second-order valence-corrected chi connectivity index (χ2v) is 9.37. The maximum atomic E-state index is 11.3. The number of carbonyl (C=O) groups is 1. The smallest absolute Gasteiger partial charge is 0.270 e. The number of nitro groups is 1. The number of aromatic amines is 1. The molecule has 1 heterocycles. The normalized spacial score (nSPS) is 31.2. The number of nitro benzene ring substituents is 1. The lowest BCUT2D eigenvalue weighted by Crippen LogP contribution is -2.49. The lowest BCUT2D eigenvalue weighted by molar-refractivity contribution is -0.384. The molecule has 4 fully saturated rings. The van der Waals surface area contributed by atoms with Crippen molar-refractivity contribution < 1.29 is 9.72 Å². The first-order valence-electron chi connectivity index (χ1n) is 9.39. The fourth-order valence-electron chi connectivity index (χ4n) is 5.86. The van der Waals surface area contributed by atoms with Crippen LogP contribution in [-0.4, -0.2) is 26.4 Å². The summed E-state index contributed by atoms with van der Waals surface area (Å²) in [6, 6.07) is 4.29. The molecule has 140 valence electrons. The van der Waals surface area contributed by atoms with Crippen LogP contribution in [0.1, 0.15) is 54.7 Å². The minimum atomic E-state index is -0.501. The van der Waals surface area contributed by atoms with E-state index in [-0.39, 0.29) is 16.7 Å². The number of hydrogen-bond acceptors (Lipinski definition) is 6. The molecular weight excluding hydrogens is 364 g/mol. The summed E-state index contributed by atoms with van der Waals surface area (Å²) in [6.07, 6.45) is 8.38. The number of aromatic nitrogens is 3. The van der Waals surface area contributed by atoms with Crippen molar-refractivity contribution in [2.24, 2.45) is 17.8 Å². The van der Waals surface area contributed by atoms with Crippen LogP contribution in [0.5, 0.6) is 0 Å². The van der Waals surface area contributed by atoms with Crippen molar-refractivity contribution in [2.45, 2.75) is 54.0 Å². The van der Waals surface area contributed by atoms with Crippen molar-refractivity contribution in [2.75, 3.05) is 0 Å². The Labute approximate surface area is 160 Å². The van der Waals surface area contributed by atoms with Gasteiger partial charge in [0.05, 0.1) is 4.92 Å². The molecule has 1 aromatic heterocycles. The van der Waals surface area contributed by atoms with Crippen LogP contribution in [0, 0.1) is 27.9 Å².